The first-order chi connectivity index (χ1) is 25.5. The molecule has 53 heavy (non-hydrogen) atoms. The number of hydrogen-bond acceptors (Lipinski definition) is 15. The number of methoxy groups -OCH3 is 1. The van der Waals surface area contributed by atoms with Gasteiger partial charge in [0.1, 0.15) is 36.8 Å². The minimum Gasteiger partial charge on any atom is -0.463 e. The summed E-state index contributed by atoms with van der Waals surface area (Å²) >= 11 is 5.84. The Labute approximate surface area is 310 Å². The van der Waals surface area contributed by atoms with Gasteiger partial charge in [0.05, 0.1) is 13.2 Å². The second-order valence-corrected chi connectivity index (χ2v) is 12.7. The van der Waals surface area contributed by atoms with Crippen LogP contribution in [0.2, 0.25) is 0 Å². The van der Waals surface area contributed by atoms with E-state index < -0.39 is 104 Å². The monoisotopic (exact) mass is 763 g/mol. The number of rotatable bonds is 15. The van der Waals surface area contributed by atoms with E-state index in [0.717, 1.165) is 25.0 Å². The second kappa shape index (κ2) is 18.6. The van der Waals surface area contributed by atoms with Crippen LogP contribution in [0.1, 0.15) is 31.9 Å². The van der Waals surface area contributed by atoms with Crippen molar-refractivity contribution < 1.29 is 71.3 Å². The van der Waals surface area contributed by atoms with Gasteiger partial charge in [-0.3, -0.25) is 24.1 Å². The van der Waals surface area contributed by atoms with Crippen LogP contribution < -0.4 is 0 Å². The molecule has 16 nitrogen and oxygen atoms in total. The normalized spacial score (nSPS) is 29.4. The summed E-state index contributed by atoms with van der Waals surface area (Å²) in [6.07, 6.45) is -12.3. The minimum absolute atomic E-state index is 0.0304. The maximum absolute atomic E-state index is 13.7. The molecule has 0 radical (unpaired) electrons. The highest BCUT2D eigenvalue weighted by atomic mass is 35.5. The van der Waals surface area contributed by atoms with Crippen LogP contribution in [0, 0.1) is 0 Å². The summed E-state index contributed by atoms with van der Waals surface area (Å²) in [7, 11) is 1.29. The molecule has 3 saturated heterocycles. The molecule has 0 saturated carbocycles. The van der Waals surface area contributed by atoms with Crippen LogP contribution in [0.4, 0.5) is 4.79 Å². The van der Waals surface area contributed by atoms with Gasteiger partial charge in [-0.15, -0.1) is 11.6 Å². The smallest absolute Gasteiger partial charge is 0.411 e. The summed E-state index contributed by atoms with van der Waals surface area (Å²) in [6.45, 7) is 3.11. The molecule has 1 amide bonds. The van der Waals surface area contributed by atoms with Crippen LogP contribution in [-0.4, -0.2) is 122 Å². The molecule has 3 heterocycles. The van der Waals surface area contributed by atoms with Gasteiger partial charge in [0.2, 0.25) is 0 Å². The van der Waals surface area contributed by atoms with Gasteiger partial charge < -0.3 is 47.4 Å². The van der Waals surface area contributed by atoms with Gasteiger partial charge in [-0.1, -0.05) is 60.7 Å². The molecule has 0 spiro atoms. The van der Waals surface area contributed by atoms with Crippen LogP contribution in [0.5, 0.6) is 0 Å². The molecule has 288 valence electrons. The molecule has 3 fully saturated rings. The van der Waals surface area contributed by atoms with Crippen molar-refractivity contribution >= 4 is 41.6 Å². The topological polar surface area (TPSA) is 181 Å². The Kier molecular flexibility index (Phi) is 14.0. The first kappa shape index (κ1) is 39.9. The number of carbonyl (C=O) groups excluding carboxylic acids is 5. The summed E-state index contributed by atoms with van der Waals surface area (Å²) in [5, 5.41) is 0. The van der Waals surface area contributed by atoms with E-state index in [2.05, 4.69) is 0 Å². The van der Waals surface area contributed by atoms with Crippen molar-refractivity contribution in [3.05, 3.63) is 71.8 Å². The molecular formula is C36H42ClNO15. The Bertz CT molecular complexity index is 1560. The van der Waals surface area contributed by atoms with Crippen molar-refractivity contribution in [2.75, 3.05) is 26.2 Å². The Morgan fingerprint density at radius 2 is 1.34 bits per heavy atom. The van der Waals surface area contributed by atoms with Crippen LogP contribution in [0.15, 0.2) is 60.7 Å². The quantitative estimate of drug-likeness (QED) is 0.147. The van der Waals surface area contributed by atoms with Gasteiger partial charge in [0, 0.05) is 34.4 Å². The Balaban J connectivity index is 1.55. The molecule has 2 aromatic carbocycles. The van der Waals surface area contributed by atoms with E-state index in [1.165, 1.54) is 18.9 Å². The van der Waals surface area contributed by atoms with E-state index in [4.69, 9.17) is 59.0 Å². The number of hydrogen-bond donors (Lipinski definition) is 0. The van der Waals surface area contributed by atoms with Crippen molar-refractivity contribution in [1.29, 1.82) is 0 Å². The highest BCUT2D eigenvalue weighted by Gasteiger charge is 2.61. The molecule has 3 aliphatic heterocycles. The lowest BCUT2D eigenvalue weighted by molar-refractivity contribution is -0.346. The van der Waals surface area contributed by atoms with E-state index in [0.29, 0.717) is 0 Å². The number of esters is 4. The summed E-state index contributed by atoms with van der Waals surface area (Å²) < 4.78 is 58.9. The summed E-state index contributed by atoms with van der Waals surface area (Å²) in [5.74, 6) is -3.45. The average molecular weight is 764 g/mol. The van der Waals surface area contributed by atoms with Gasteiger partial charge in [-0.05, 0) is 11.1 Å². The van der Waals surface area contributed by atoms with E-state index >= 15 is 0 Å². The predicted molar refractivity (Wildman–Crippen MR) is 180 cm³/mol. The molecule has 5 rings (SSSR count). The molecule has 10 atom stereocenters. The fraction of sp³-hybridized carbons (Fsp3) is 0.528. The van der Waals surface area contributed by atoms with Crippen LogP contribution in [-0.2, 0) is 79.7 Å². The van der Waals surface area contributed by atoms with Crippen molar-refractivity contribution in [2.45, 2.75) is 95.3 Å². The zero-order chi connectivity index (χ0) is 38.1. The fourth-order valence-corrected chi connectivity index (χ4v) is 6.47. The minimum atomic E-state index is -1.42. The first-order valence-corrected chi connectivity index (χ1v) is 17.4. The van der Waals surface area contributed by atoms with Gasteiger partial charge >= 0.3 is 30.0 Å². The number of nitrogens with zero attached hydrogens (tertiary/aromatic N) is 1. The van der Waals surface area contributed by atoms with Crippen molar-refractivity contribution in [2.24, 2.45) is 0 Å². The van der Waals surface area contributed by atoms with Crippen LogP contribution in [0.25, 0.3) is 0 Å². The molecule has 0 aromatic heterocycles. The number of benzene rings is 2. The van der Waals surface area contributed by atoms with E-state index in [1.807, 2.05) is 36.4 Å². The third-order valence-corrected chi connectivity index (χ3v) is 8.80. The summed E-state index contributed by atoms with van der Waals surface area (Å²) in [4.78, 5) is 64.4. The SMILES string of the molecule is CO[C@H]1O[C@H](COC(C)=O)[C@@H](O[C@H]2O[C@H](COCc3ccccc3)[C@@H](OC(=O)CCl)[C@@H]3OC(=O)N(Cc4ccccc4)[C@@H]23)[C@H](OC(C)=O)[C@H]1OC(C)=O. The number of fused-ring (bicyclic) bond motifs is 1. The third kappa shape index (κ3) is 10.2. The predicted octanol–water partition coefficient (Wildman–Crippen LogP) is 2.65. The van der Waals surface area contributed by atoms with Gasteiger partial charge in [0.15, 0.2) is 37.0 Å². The Morgan fingerprint density at radius 1 is 0.736 bits per heavy atom. The highest BCUT2D eigenvalue weighted by Crippen LogP contribution is 2.39. The maximum atomic E-state index is 13.7. The van der Waals surface area contributed by atoms with Gasteiger partial charge in [0.25, 0.3) is 0 Å². The Hall–Kier alpha value is -4.32. The fourth-order valence-electron chi connectivity index (χ4n) is 6.41. The average Bonchev–Trinajstić information content (AvgIpc) is 3.46. The molecule has 2 aromatic rings. The zero-order valence-corrected chi connectivity index (χ0v) is 30.3. The van der Waals surface area contributed by atoms with Crippen molar-refractivity contribution in [3.8, 4) is 0 Å². The van der Waals surface area contributed by atoms with Crippen molar-refractivity contribution in [1.82, 2.24) is 4.90 Å². The lowest BCUT2D eigenvalue weighted by Gasteiger charge is -2.48. The molecule has 0 bridgehead atoms. The summed E-state index contributed by atoms with van der Waals surface area (Å²) in [5.41, 5.74) is 1.58. The lowest BCUT2D eigenvalue weighted by Crippen LogP contribution is -2.67. The molecule has 0 aliphatic carbocycles. The van der Waals surface area contributed by atoms with Crippen LogP contribution >= 0.6 is 11.6 Å². The first-order valence-electron chi connectivity index (χ1n) is 16.8. The van der Waals surface area contributed by atoms with Gasteiger partial charge in [-0.2, -0.15) is 0 Å². The molecule has 3 aliphatic rings. The molecule has 17 heteroatoms. The highest BCUT2D eigenvalue weighted by molar-refractivity contribution is 6.26. The molecule has 0 N–H and O–H groups in total. The van der Waals surface area contributed by atoms with E-state index in [1.54, 1.807) is 24.3 Å². The molecular weight excluding hydrogens is 722 g/mol. The third-order valence-electron chi connectivity index (χ3n) is 8.58. The van der Waals surface area contributed by atoms with Gasteiger partial charge in [-0.25, -0.2) is 4.79 Å². The second-order valence-electron chi connectivity index (χ2n) is 12.4. The standard InChI is InChI=1S/C36H42ClNO15/c1-20(39)46-19-26-30(32(47-21(2)40)33(48-22(3)41)35(44-4)50-26)52-34-28-31(53-36(43)38(28)16-23-11-7-5-8-12-23)29(51-27(42)15-37)25(49-34)18-45-17-24-13-9-6-10-14-24/h5-14,25-26,28-35H,15-19H2,1-4H3/t25-,26-,28-,29-,30-,31-,32+,33-,34-,35+/m1/s1. The number of carbonyl (C=O) groups is 5. The largest absolute Gasteiger partial charge is 0.463 e. The van der Waals surface area contributed by atoms with Crippen LogP contribution in [0.3, 0.4) is 0 Å². The maximum Gasteiger partial charge on any atom is 0.411 e. The number of halogens is 1. The zero-order valence-electron chi connectivity index (χ0n) is 29.5. The number of alkyl halides is 1. The number of ether oxygens (including phenoxy) is 10. The number of amides is 1. The summed E-state index contributed by atoms with van der Waals surface area (Å²) in [6, 6.07) is 17.2. The van der Waals surface area contributed by atoms with E-state index in [-0.39, 0.29) is 19.8 Å². The van der Waals surface area contributed by atoms with Crippen molar-refractivity contribution in [3.63, 3.8) is 0 Å². The Morgan fingerprint density at radius 3 is 1.94 bits per heavy atom. The van der Waals surface area contributed by atoms with E-state index in [9.17, 15) is 24.0 Å². The lowest BCUT2D eigenvalue weighted by atomic mass is 9.94. The molecule has 0 unspecified atom stereocenters.